The van der Waals surface area contributed by atoms with Gasteiger partial charge in [0.2, 0.25) is 0 Å². The number of esters is 1. The van der Waals surface area contributed by atoms with Crippen LogP contribution in [-0.2, 0) is 9.53 Å². The minimum atomic E-state index is -0.0568. The number of ether oxygens (including phenoxy) is 1. The highest BCUT2D eigenvalue weighted by atomic mass is 32.2. The highest BCUT2D eigenvalue weighted by Gasteiger charge is 2.10. The molecule has 72 valence electrons. The lowest BCUT2D eigenvalue weighted by molar-refractivity contribution is -0.147. The smallest absolute Gasteiger partial charge is 0.308 e. The molecule has 0 heterocycles. The van der Waals surface area contributed by atoms with Gasteiger partial charge >= 0.3 is 5.97 Å². The van der Waals surface area contributed by atoms with E-state index in [1.54, 1.807) is 11.8 Å². The maximum Gasteiger partial charge on any atom is 0.308 e. The maximum atomic E-state index is 11.1. The Kier molecular flexibility index (Phi) is 7.36. The van der Waals surface area contributed by atoms with Gasteiger partial charge in [0.25, 0.3) is 0 Å². The first kappa shape index (κ1) is 11.8. The molecule has 0 aromatic rings. The number of carbonyl (C=O) groups is 1. The third-order valence-electron chi connectivity index (χ3n) is 1.75. The van der Waals surface area contributed by atoms with E-state index in [1.165, 1.54) is 0 Å². The van der Waals surface area contributed by atoms with E-state index in [-0.39, 0.29) is 11.9 Å². The van der Waals surface area contributed by atoms with Gasteiger partial charge in [0, 0.05) is 0 Å². The first-order valence-electron chi connectivity index (χ1n) is 4.38. The fraction of sp³-hybridized carbons (Fsp3) is 0.889. The molecule has 0 bridgehead atoms. The summed E-state index contributed by atoms with van der Waals surface area (Å²) in [5, 5.41) is 0. The Bertz CT molecular complexity index is 126. The summed E-state index contributed by atoms with van der Waals surface area (Å²) < 4.78 is 5.04. The number of carbonyl (C=O) groups excluding carboxylic acids is 1. The molecule has 0 aromatic carbocycles. The second-order valence-electron chi connectivity index (χ2n) is 2.82. The van der Waals surface area contributed by atoms with E-state index >= 15 is 0 Å². The molecule has 0 saturated carbocycles. The zero-order valence-electron chi connectivity index (χ0n) is 8.13. The molecular formula is C9H18O2S. The van der Waals surface area contributed by atoms with E-state index in [0.717, 1.165) is 18.6 Å². The Balaban J connectivity index is 3.31. The first-order chi connectivity index (χ1) is 5.72. The molecule has 0 fully saturated rings. The molecule has 0 aromatic heterocycles. The summed E-state index contributed by atoms with van der Waals surface area (Å²) in [4.78, 5) is 11.1. The fourth-order valence-corrected chi connectivity index (χ4v) is 1.09. The van der Waals surface area contributed by atoms with Gasteiger partial charge < -0.3 is 4.74 Å². The molecule has 0 rings (SSSR count). The highest BCUT2D eigenvalue weighted by molar-refractivity contribution is 7.98. The zero-order chi connectivity index (χ0) is 9.40. The summed E-state index contributed by atoms with van der Waals surface area (Å²) in [7, 11) is 0. The van der Waals surface area contributed by atoms with Gasteiger partial charge in [-0.25, -0.2) is 0 Å². The van der Waals surface area contributed by atoms with Crippen molar-refractivity contribution in [1.82, 2.24) is 0 Å². The van der Waals surface area contributed by atoms with E-state index in [9.17, 15) is 4.79 Å². The number of hydrogen-bond donors (Lipinski definition) is 0. The maximum absolute atomic E-state index is 11.1. The van der Waals surface area contributed by atoms with Crippen LogP contribution in [0.4, 0.5) is 0 Å². The average molecular weight is 190 g/mol. The normalized spacial score (nSPS) is 12.6. The summed E-state index contributed by atoms with van der Waals surface area (Å²) in [5.41, 5.74) is 0. The number of rotatable bonds is 6. The predicted molar refractivity (Wildman–Crippen MR) is 53.4 cm³/mol. The summed E-state index contributed by atoms with van der Waals surface area (Å²) in [6.07, 6.45) is 3.88. The molecule has 0 aliphatic heterocycles. The second kappa shape index (κ2) is 7.47. The van der Waals surface area contributed by atoms with Crippen molar-refractivity contribution < 1.29 is 9.53 Å². The summed E-state index contributed by atoms with van der Waals surface area (Å²) in [6, 6.07) is 0. The molecule has 0 radical (unpaired) electrons. The Hall–Kier alpha value is -0.180. The van der Waals surface area contributed by atoms with Gasteiger partial charge in [-0.15, -0.1) is 0 Å². The van der Waals surface area contributed by atoms with Gasteiger partial charge in [-0.3, -0.25) is 4.79 Å². The van der Waals surface area contributed by atoms with Gasteiger partial charge in [0.15, 0.2) is 0 Å². The van der Waals surface area contributed by atoms with E-state index in [2.05, 4.69) is 6.26 Å². The molecule has 0 saturated heterocycles. The molecule has 0 spiro atoms. The Morgan fingerprint density at radius 3 is 2.75 bits per heavy atom. The van der Waals surface area contributed by atoms with Gasteiger partial charge in [0.05, 0.1) is 12.5 Å². The quantitative estimate of drug-likeness (QED) is 0.475. The molecule has 2 nitrogen and oxygen atoms in total. The van der Waals surface area contributed by atoms with Crippen LogP contribution in [0.3, 0.4) is 0 Å². The zero-order valence-corrected chi connectivity index (χ0v) is 8.95. The summed E-state index contributed by atoms with van der Waals surface area (Å²) in [6.45, 7) is 4.47. The molecule has 3 heteroatoms. The molecule has 1 atom stereocenters. The van der Waals surface area contributed by atoms with Gasteiger partial charge in [-0.2, -0.15) is 11.8 Å². The summed E-state index contributed by atoms with van der Waals surface area (Å²) >= 11 is 1.78. The van der Waals surface area contributed by atoms with Crippen molar-refractivity contribution in [2.45, 2.75) is 26.7 Å². The minimum Gasteiger partial charge on any atom is -0.465 e. The standard InChI is InChI=1S/C9H18O2S/c1-4-8(2)9(10)11-6-5-7-12-3/h8H,4-7H2,1-3H3. The monoisotopic (exact) mass is 190 g/mol. The van der Waals surface area contributed by atoms with Crippen LogP contribution in [0.2, 0.25) is 0 Å². The van der Waals surface area contributed by atoms with Crippen LogP contribution in [0.1, 0.15) is 26.7 Å². The fourth-order valence-electron chi connectivity index (χ4n) is 0.685. The van der Waals surface area contributed by atoms with Crippen LogP contribution in [0, 0.1) is 5.92 Å². The largest absolute Gasteiger partial charge is 0.465 e. The lowest BCUT2D eigenvalue weighted by Crippen LogP contribution is -2.14. The average Bonchev–Trinajstić information content (AvgIpc) is 2.10. The lowest BCUT2D eigenvalue weighted by atomic mass is 10.1. The van der Waals surface area contributed by atoms with E-state index in [4.69, 9.17) is 4.74 Å². The Labute approximate surface area is 79.1 Å². The van der Waals surface area contributed by atoms with Crippen LogP contribution in [0.5, 0.6) is 0 Å². The van der Waals surface area contributed by atoms with E-state index < -0.39 is 0 Å². The van der Waals surface area contributed by atoms with E-state index in [1.807, 2.05) is 13.8 Å². The van der Waals surface area contributed by atoms with Crippen LogP contribution in [-0.4, -0.2) is 24.6 Å². The molecule has 1 unspecified atom stereocenters. The van der Waals surface area contributed by atoms with E-state index in [0.29, 0.717) is 6.61 Å². The predicted octanol–water partition coefficient (Wildman–Crippen LogP) is 2.33. The number of thioether (sulfide) groups is 1. The summed E-state index contributed by atoms with van der Waals surface area (Å²) in [5.74, 6) is 1.06. The highest BCUT2D eigenvalue weighted by Crippen LogP contribution is 2.04. The molecule has 0 aliphatic carbocycles. The van der Waals surface area contributed by atoms with Gasteiger partial charge in [-0.05, 0) is 24.9 Å². The van der Waals surface area contributed by atoms with Gasteiger partial charge in [-0.1, -0.05) is 13.8 Å². The molecule has 0 aliphatic rings. The van der Waals surface area contributed by atoms with Crippen LogP contribution in [0.15, 0.2) is 0 Å². The van der Waals surface area contributed by atoms with Crippen LogP contribution >= 0.6 is 11.8 Å². The van der Waals surface area contributed by atoms with Crippen molar-refractivity contribution in [2.24, 2.45) is 5.92 Å². The third-order valence-corrected chi connectivity index (χ3v) is 2.45. The van der Waals surface area contributed by atoms with Crippen LogP contribution in [0.25, 0.3) is 0 Å². The van der Waals surface area contributed by atoms with Gasteiger partial charge in [0.1, 0.15) is 0 Å². The third kappa shape index (κ3) is 5.47. The molecule has 12 heavy (non-hydrogen) atoms. The second-order valence-corrected chi connectivity index (χ2v) is 3.81. The van der Waals surface area contributed by atoms with Crippen molar-refractivity contribution in [3.8, 4) is 0 Å². The SMILES string of the molecule is CCC(C)C(=O)OCCCSC. The van der Waals surface area contributed by atoms with Crippen molar-refractivity contribution >= 4 is 17.7 Å². The molecule has 0 amide bonds. The topological polar surface area (TPSA) is 26.3 Å². The van der Waals surface area contributed by atoms with Crippen molar-refractivity contribution in [2.75, 3.05) is 18.6 Å². The Morgan fingerprint density at radius 1 is 1.58 bits per heavy atom. The van der Waals surface area contributed by atoms with Crippen molar-refractivity contribution in [3.63, 3.8) is 0 Å². The molecule has 0 N–H and O–H groups in total. The van der Waals surface area contributed by atoms with Crippen molar-refractivity contribution in [1.29, 1.82) is 0 Å². The lowest BCUT2D eigenvalue weighted by Gasteiger charge is -2.08. The van der Waals surface area contributed by atoms with Crippen LogP contribution < -0.4 is 0 Å². The minimum absolute atomic E-state index is 0.0549. The van der Waals surface area contributed by atoms with Crippen molar-refractivity contribution in [3.05, 3.63) is 0 Å². The molecular weight excluding hydrogens is 172 g/mol. The Morgan fingerprint density at radius 2 is 2.25 bits per heavy atom. The number of hydrogen-bond acceptors (Lipinski definition) is 3. The first-order valence-corrected chi connectivity index (χ1v) is 5.77.